The summed E-state index contributed by atoms with van der Waals surface area (Å²) in [5.41, 5.74) is 0. The quantitative estimate of drug-likeness (QED) is 0.905. The molecule has 1 amide bonds. The van der Waals surface area contributed by atoms with Crippen molar-refractivity contribution in [2.24, 2.45) is 11.8 Å². The lowest BCUT2D eigenvalue weighted by Crippen LogP contribution is -2.47. The van der Waals surface area contributed by atoms with Crippen LogP contribution in [-0.4, -0.2) is 43.1 Å². The van der Waals surface area contributed by atoms with Crippen LogP contribution in [0.1, 0.15) is 32.6 Å². The maximum absolute atomic E-state index is 12.7. The lowest BCUT2D eigenvalue weighted by atomic mass is 9.90. The molecule has 134 valence electrons. The van der Waals surface area contributed by atoms with E-state index < -0.39 is 0 Å². The van der Waals surface area contributed by atoms with Gasteiger partial charge >= 0.3 is 0 Å². The van der Waals surface area contributed by atoms with Crippen LogP contribution in [0.2, 0.25) is 0 Å². The van der Waals surface area contributed by atoms with Gasteiger partial charge in [-0.3, -0.25) is 4.79 Å². The number of hydrogen-bond donors (Lipinski definition) is 1. The van der Waals surface area contributed by atoms with Crippen molar-refractivity contribution in [2.75, 3.05) is 26.2 Å². The molecule has 0 aromatic heterocycles. The van der Waals surface area contributed by atoms with Crippen molar-refractivity contribution in [3.05, 3.63) is 30.3 Å². The molecule has 0 radical (unpaired) electrons. The van der Waals surface area contributed by atoms with E-state index in [-0.39, 0.29) is 18.3 Å². The molecule has 0 bridgehead atoms. The zero-order valence-corrected chi connectivity index (χ0v) is 15.3. The molecule has 5 heteroatoms. The Hall–Kier alpha value is -1.26. The maximum atomic E-state index is 12.7. The lowest BCUT2D eigenvalue weighted by Gasteiger charge is -2.36. The number of ether oxygens (including phenoxy) is 1. The number of likely N-dealkylation sites (tertiary alicyclic amines) is 1. The molecule has 3 rings (SSSR count). The van der Waals surface area contributed by atoms with Crippen LogP contribution >= 0.6 is 12.4 Å². The molecule has 1 aromatic carbocycles. The standard InChI is InChI=1S/C19H28N2O2.ClH/c1-15-13-17(7-10-20-15)19(22)21-11-8-16(9-12-21)14-23-18-5-3-2-4-6-18;/h2-6,15-17,20H,7-14H2,1H3;1H/t15-,17-;/m0./s1. The number of nitrogens with zero attached hydrogens (tertiary/aromatic N) is 1. The largest absolute Gasteiger partial charge is 0.493 e. The Morgan fingerprint density at radius 1 is 1.21 bits per heavy atom. The molecule has 2 atom stereocenters. The van der Waals surface area contributed by atoms with E-state index in [2.05, 4.69) is 17.1 Å². The van der Waals surface area contributed by atoms with Crippen LogP contribution in [0.5, 0.6) is 5.75 Å². The van der Waals surface area contributed by atoms with Gasteiger partial charge in [-0.2, -0.15) is 0 Å². The monoisotopic (exact) mass is 352 g/mol. The smallest absolute Gasteiger partial charge is 0.225 e. The molecule has 0 aliphatic carbocycles. The zero-order valence-electron chi connectivity index (χ0n) is 14.4. The summed E-state index contributed by atoms with van der Waals surface area (Å²) >= 11 is 0. The van der Waals surface area contributed by atoms with Crippen molar-refractivity contribution in [3.63, 3.8) is 0 Å². The molecular formula is C19H29ClN2O2. The fraction of sp³-hybridized carbons (Fsp3) is 0.632. The lowest BCUT2D eigenvalue weighted by molar-refractivity contribution is -0.138. The third-order valence-electron chi connectivity index (χ3n) is 5.13. The number of benzene rings is 1. The molecule has 2 aliphatic heterocycles. The fourth-order valence-electron chi connectivity index (χ4n) is 3.67. The number of nitrogens with one attached hydrogen (secondary N) is 1. The third-order valence-corrected chi connectivity index (χ3v) is 5.13. The number of halogens is 1. The Labute approximate surface area is 151 Å². The summed E-state index contributed by atoms with van der Waals surface area (Å²) in [7, 11) is 0. The molecule has 24 heavy (non-hydrogen) atoms. The normalized spacial score (nSPS) is 25.0. The van der Waals surface area contributed by atoms with Crippen LogP contribution in [0.3, 0.4) is 0 Å². The SMILES string of the molecule is C[C@H]1C[C@@H](C(=O)N2CCC(COc3ccccc3)CC2)CCN1.Cl. The number of amides is 1. The topological polar surface area (TPSA) is 41.6 Å². The van der Waals surface area contributed by atoms with Crippen molar-refractivity contribution >= 4 is 18.3 Å². The Morgan fingerprint density at radius 2 is 1.92 bits per heavy atom. The molecule has 0 saturated carbocycles. The van der Waals surface area contributed by atoms with Crippen LogP contribution < -0.4 is 10.1 Å². The molecule has 0 unspecified atom stereocenters. The van der Waals surface area contributed by atoms with Gasteiger partial charge in [-0.25, -0.2) is 0 Å². The Kier molecular flexibility index (Phi) is 7.38. The minimum absolute atomic E-state index is 0. The number of piperidine rings is 2. The predicted octanol–water partition coefficient (Wildman–Crippen LogP) is 3.11. The number of carbonyl (C=O) groups excluding carboxylic acids is 1. The van der Waals surface area contributed by atoms with Gasteiger partial charge in [0.1, 0.15) is 5.75 Å². The van der Waals surface area contributed by atoms with Gasteiger partial charge in [-0.1, -0.05) is 18.2 Å². The first-order valence-electron chi connectivity index (χ1n) is 8.92. The first-order chi connectivity index (χ1) is 11.2. The first kappa shape index (κ1) is 19.1. The highest BCUT2D eigenvalue weighted by Crippen LogP contribution is 2.24. The average molecular weight is 353 g/mol. The summed E-state index contributed by atoms with van der Waals surface area (Å²) in [6.07, 6.45) is 4.08. The van der Waals surface area contributed by atoms with Gasteiger partial charge in [-0.05, 0) is 57.2 Å². The second-order valence-electron chi connectivity index (χ2n) is 6.97. The van der Waals surface area contributed by atoms with Gasteiger partial charge in [0.25, 0.3) is 0 Å². The molecule has 2 aliphatic rings. The zero-order chi connectivity index (χ0) is 16.1. The fourth-order valence-corrected chi connectivity index (χ4v) is 3.67. The van der Waals surface area contributed by atoms with Crippen molar-refractivity contribution in [1.29, 1.82) is 0 Å². The number of para-hydroxylation sites is 1. The molecule has 2 heterocycles. The van der Waals surface area contributed by atoms with E-state index in [4.69, 9.17) is 4.74 Å². The Morgan fingerprint density at radius 3 is 2.58 bits per heavy atom. The van der Waals surface area contributed by atoms with E-state index in [1.165, 1.54) is 0 Å². The molecule has 4 nitrogen and oxygen atoms in total. The summed E-state index contributed by atoms with van der Waals surface area (Å²) in [5, 5.41) is 3.42. The summed E-state index contributed by atoms with van der Waals surface area (Å²) in [6.45, 7) is 5.68. The van der Waals surface area contributed by atoms with E-state index >= 15 is 0 Å². The highest BCUT2D eigenvalue weighted by Gasteiger charge is 2.30. The van der Waals surface area contributed by atoms with Gasteiger partial charge in [0.2, 0.25) is 5.91 Å². The van der Waals surface area contributed by atoms with Gasteiger partial charge in [0.05, 0.1) is 6.61 Å². The number of carbonyl (C=O) groups is 1. The summed E-state index contributed by atoms with van der Waals surface area (Å²) < 4.78 is 5.86. The molecule has 2 saturated heterocycles. The van der Waals surface area contributed by atoms with E-state index in [0.717, 1.165) is 57.7 Å². The molecule has 1 N–H and O–H groups in total. The minimum atomic E-state index is 0. The highest BCUT2D eigenvalue weighted by molar-refractivity contribution is 5.85. The highest BCUT2D eigenvalue weighted by atomic mass is 35.5. The molecular weight excluding hydrogens is 324 g/mol. The summed E-state index contributed by atoms with van der Waals surface area (Å²) in [6, 6.07) is 10.5. The van der Waals surface area contributed by atoms with Gasteiger partial charge in [-0.15, -0.1) is 12.4 Å². The minimum Gasteiger partial charge on any atom is -0.493 e. The van der Waals surface area contributed by atoms with Crippen LogP contribution in [0.25, 0.3) is 0 Å². The van der Waals surface area contributed by atoms with Crippen LogP contribution in [0.4, 0.5) is 0 Å². The van der Waals surface area contributed by atoms with Crippen LogP contribution in [-0.2, 0) is 4.79 Å². The second kappa shape index (κ2) is 9.28. The molecule has 2 fully saturated rings. The van der Waals surface area contributed by atoms with E-state index in [0.29, 0.717) is 17.9 Å². The molecule has 0 spiro atoms. The first-order valence-corrected chi connectivity index (χ1v) is 8.92. The van der Waals surface area contributed by atoms with E-state index in [1.807, 2.05) is 30.3 Å². The van der Waals surface area contributed by atoms with Crippen molar-refractivity contribution in [2.45, 2.75) is 38.6 Å². The van der Waals surface area contributed by atoms with Gasteiger partial charge in [0.15, 0.2) is 0 Å². The second-order valence-corrected chi connectivity index (χ2v) is 6.97. The number of hydrogen-bond acceptors (Lipinski definition) is 3. The van der Waals surface area contributed by atoms with Gasteiger partial charge in [0, 0.05) is 25.0 Å². The van der Waals surface area contributed by atoms with E-state index in [9.17, 15) is 4.79 Å². The summed E-state index contributed by atoms with van der Waals surface area (Å²) in [4.78, 5) is 14.7. The van der Waals surface area contributed by atoms with Gasteiger partial charge < -0.3 is 15.0 Å². The van der Waals surface area contributed by atoms with Crippen LogP contribution in [0.15, 0.2) is 30.3 Å². The predicted molar refractivity (Wildman–Crippen MR) is 98.7 cm³/mol. The van der Waals surface area contributed by atoms with Crippen LogP contribution in [0, 0.1) is 11.8 Å². The average Bonchev–Trinajstić information content (AvgIpc) is 2.61. The maximum Gasteiger partial charge on any atom is 0.225 e. The number of rotatable bonds is 4. The molecule has 1 aromatic rings. The Balaban J connectivity index is 0.00000208. The van der Waals surface area contributed by atoms with Crippen molar-refractivity contribution in [3.8, 4) is 5.75 Å². The third kappa shape index (κ3) is 5.12. The van der Waals surface area contributed by atoms with E-state index in [1.54, 1.807) is 0 Å². The Bertz CT molecular complexity index is 503. The summed E-state index contributed by atoms with van der Waals surface area (Å²) in [5.74, 6) is 2.10. The van der Waals surface area contributed by atoms with Crippen molar-refractivity contribution < 1.29 is 9.53 Å². The van der Waals surface area contributed by atoms with Crippen molar-refractivity contribution in [1.82, 2.24) is 10.2 Å².